The molecule has 0 heterocycles. The topological polar surface area (TPSA) is 20.2 Å². The number of hydrogen-bond acceptors (Lipinski definition) is 2. The van der Waals surface area contributed by atoms with Crippen LogP contribution in [0.5, 0.6) is 0 Å². The molecule has 0 saturated heterocycles. The van der Waals surface area contributed by atoms with Crippen molar-refractivity contribution in [3.8, 4) is 0 Å². The van der Waals surface area contributed by atoms with Gasteiger partial charge in [0.05, 0.1) is 11.6 Å². The second-order valence-corrected chi connectivity index (χ2v) is 5.78. The number of benzene rings is 1. The lowest BCUT2D eigenvalue weighted by atomic mass is 10.2. The molecule has 14 heavy (non-hydrogen) atoms. The zero-order valence-corrected chi connectivity index (χ0v) is 9.62. The summed E-state index contributed by atoms with van der Waals surface area (Å²) in [6, 6.07) is 4.56. The lowest BCUT2D eigenvalue weighted by Gasteiger charge is -2.20. The standard InChI is InChI=1S/C10H12ClFOS/c1-10(2,6-13)14-7-3-4-9(12)8(11)5-7/h3-5,13H,6H2,1-2H3. The van der Waals surface area contributed by atoms with Crippen LogP contribution < -0.4 is 0 Å². The highest BCUT2D eigenvalue weighted by atomic mass is 35.5. The Kier molecular flexibility index (Phi) is 3.81. The van der Waals surface area contributed by atoms with E-state index >= 15 is 0 Å². The highest BCUT2D eigenvalue weighted by Crippen LogP contribution is 2.33. The van der Waals surface area contributed by atoms with Crippen LogP contribution in [0.4, 0.5) is 4.39 Å². The van der Waals surface area contributed by atoms with Gasteiger partial charge in [0.2, 0.25) is 0 Å². The van der Waals surface area contributed by atoms with Crippen LogP contribution in [0.1, 0.15) is 13.8 Å². The molecule has 0 radical (unpaired) electrons. The van der Waals surface area contributed by atoms with Crippen molar-refractivity contribution in [2.24, 2.45) is 0 Å². The van der Waals surface area contributed by atoms with Crippen LogP contribution in [-0.2, 0) is 0 Å². The molecule has 1 aromatic rings. The molecule has 1 rings (SSSR count). The fourth-order valence-electron chi connectivity index (χ4n) is 0.892. The van der Waals surface area contributed by atoms with Gasteiger partial charge in [-0.15, -0.1) is 11.8 Å². The molecule has 0 saturated carbocycles. The maximum Gasteiger partial charge on any atom is 0.141 e. The van der Waals surface area contributed by atoms with Gasteiger partial charge in [0, 0.05) is 9.64 Å². The van der Waals surface area contributed by atoms with Crippen LogP contribution in [0.3, 0.4) is 0 Å². The average Bonchev–Trinajstić information content (AvgIpc) is 2.11. The SMILES string of the molecule is CC(C)(CO)Sc1ccc(F)c(Cl)c1. The van der Waals surface area contributed by atoms with Crippen LogP contribution in [0, 0.1) is 5.82 Å². The highest BCUT2D eigenvalue weighted by molar-refractivity contribution is 8.00. The lowest BCUT2D eigenvalue weighted by Crippen LogP contribution is -2.19. The van der Waals surface area contributed by atoms with Gasteiger partial charge in [-0.05, 0) is 32.0 Å². The summed E-state index contributed by atoms with van der Waals surface area (Å²) in [5.74, 6) is -0.419. The minimum absolute atomic E-state index is 0.0622. The number of thioether (sulfide) groups is 1. The van der Waals surface area contributed by atoms with E-state index in [9.17, 15) is 4.39 Å². The molecule has 78 valence electrons. The van der Waals surface area contributed by atoms with Crippen molar-refractivity contribution < 1.29 is 9.50 Å². The first-order valence-corrected chi connectivity index (χ1v) is 5.39. The molecule has 0 spiro atoms. The zero-order chi connectivity index (χ0) is 10.8. The molecule has 0 aromatic heterocycles. The minimum atomic E-state index is -0.419. The summed E-state index contributed by atoms with van der Waals surface area (Å²) in [5.41, 5.74) is 0. The Morgan fingerprint density at radius 1 is 1.50 bits per heavy atom. The van der Waals surface area contributed by atoms with Crippen LogP contribution in [-0.4, -0.2) is 16.5 Å². The van der Waals surface area contributed by atoms with E-state index in [1.54, 1.807) is 12.1 Å². The Morgan fingerprint density at radius 3 is 2.64 bits per heavy atom. The monoisotopic (exact) mass is 234 g/mol. The van der Waals surface area contributed by atoms with E-state index in [-0.39, 0.29) is 16.4 Å². The number of hydrogen-bond donors (Lipinski definition) is 1. The molecule has 0 unspecified atom stereocenters. The van der Waals surface area contributed by atoms with Crippen molar-refractivity contribution in [1.29, 1.82) is 0 Å². The number of aliphatic hydroxyl groups is 1. The summed E-state index contributed by atoms with van der Waals surface area (Å²) in [5, 5.41) is 9.17. The molecule has 0 aliphatic heterocycles. The van der Waals surface area contributed by atoms with Gasteiger partial charge in [0.15, 0.2) is 0 Å². The van der Waals surface area contributed by atoms with Crippen molar-refractivity contribution in [1.82, 2.24) is 0 Å². The highest BCUT2D eigenvalue weighted by Gasteiger charge is 2.18. The number of aliphatic hydroxyl groups excluding tert-OH is 1. The maximum atomic E-state index is 12.8. The molecule has 0 aliphatic carbocycles. The molecule has 0 aliphatic rings. The van der Waals surface area contributed by atoms with Gasteiger partial charge >= 0.3 is 0 Å². The maximum absolute atomic E-state index is 12.8. The third-order valence-electron chi connectivity index (χ3n) is 1.67. The smallest absolute Gasteiger partial charge is 0.141 e. The summed E-state index contributed by atoms with van der Waals surface area (Å²) >= 11 is 7.10. The molecular formula is C10H12ClFOS. The van der Waals surface area contributed by atoms with Crippen LogP contribution in [0.2, 0.25) is 5.02 Å². The van der Waals surface area contributed by atoms with Crippen molar-refractivity contribution in [3.63, 3.8) is 0 Å². The predicted molar refractivity (Wildman–Crippen MR) is 58.4 cm³/mol. The van der Waals surface area contributed by atoms with Gasteiger partial charge in [-0.1, -0.05) is 11.6 Å². The lowest BCUT2D eigenvalue weighted by molar-refractivity contribution is 0.265. The molecule has 1 N–H and O–H groups in total. The van der Waals surface area contributed by atoms with Crippen molar-refractivity contribution in [3.05, 3.63) is 29.0 Å². The summed E-state index contributed by atoms with van der Waals surface area (Å²) in [4.78, 5) is 0.857. The number of rotatable bonds is 3. The quantitative estimate of drug-likeness (QED) is 0.810. The van der Waals surface area contributed by atoms with Gasteiger partial charge < -0.3 is 5.11 Å². The summed E-state index contributed by atoms with van der Waals surface area (Å²) in [7, 11) is 0. The van der Waals surface area contributed by atoms with E-state index in [1.165, 1.54) is 17.8 Å². The summed E-state index contributed by atoms with van der Waals surface area (Å²) in [6.45, 7) is 3.89. The third kappa shape index (κ3) is 3.15. The Balaban J connectivity index is 2.83. The van der Waals surface area contributed by atoms with E-state index in [0.29, 0.717) is 0 Å². The molecule has 1 aromatic carbocycles. The van der Waals surface area contributed by atoms with Crippen molar-refractivity contribution in [2.45, 2.75) is 23.5 Å². The first-order chi connectivity index (χ1) is 6.44. The van der Waals surface area contributed by atoms with E-state index < -0.39 is 5.82 Å². The van der Waals surface area contributed by atoms with E-state index in [1.807, 2.05) is 13.8 Å². The molecule has 0 bridgehead atoms. The molecule has 0 amide bonds. The fourth-order valence-corrected chi connectivity index (χ4v) is 2.15. The van der Waals surface area contributed by atoms with Crippen LogP contribution in [0.25, 0.3) is 0 Å². The summed E-state index contributed by atoms with van der Waals surface area (Å²) < 4.78 is 12.5. The van der Waals surface area contributed by atoms with E-state index in [2.05, 4.69) is 0 Å². The van der Waals surface area contributed by atoms with Gasteiger partial charge in [-0.3, -0.25) is 0 Å². The van der Waals surface area contributed by atoms with Crippen molar-refractivity contribution >= 4 is 23.4 Å². The zero-order valence-electron chi connectivity index (χ0n) is 8.05. The Morgan fingerprint density at radius 2 is 2.14 bits per heavy atom. The van der Waals surface area contributed by atoms with Crippen molar-refractivity contribution in [2.75, 3.05) is 6.61 Å². The first kappa shape index (κ1) is 11.8. The molecular weight excluding hydrogens is 223 g/mol. The van der Waals surface area contributed by atoms with E-state index in [0.717, 1.165) is 4.90 Å². The van der Waals surface area contributed by atoms with Crippen LogP contribution >= 0.6 is 23.4 Å². The van der Waals surface area contributed by atoms with Crippen LogP contribution in [0.15, 0.2) is 23.1 Å². The third-order valence-corrected chi connectivity index (χ3v) is 3.13. The van der Waals surface area contributed by atoms with Gasteiger partial charge in [0.25, 0.3) is 0 Å². The molecule has 0 fully saturated rings. The summed E-state index contributed by atoms with van der Waals surface area (Å²) in [6.07, 6.45) is 0. The second kappa shape index (κ2) is 4.51. The Labute approximate surface area is 92.3 Å². The molecule has 4 heteroatoms. The van der Waals surface area contributed by atoms with Gasteiger partial charge in [-0.2, -0.15) is 0 Å². The average molecular weight is 235 g/mol. The number of halogens is 2. The van der Waals surface area contributed by atoms with E-state index in [4.69, 9.17) is 16.7 Å². The fraction of sp³-hybridized carbons (Fsp3) is 0.400. The predicted octanol–water partition coefficient (Wildman–Crippen LogP) is 3.34. The first-order valence-electron chi connectivity index (χ1n) is 4.19. The molecule has 0 atom stereocenters. The second-order valence-electron chi connectivity index (χ2n) is 3.60. The van der Waals surface area contributed by atoms with Gasteiger partial charge in [-0.25, -0.2) is 4.39 Å². The molecule has 1 nitrogen and oxygen atoms in total. The Bertz CT molecular complexity index is 328. The minimum Gasteiger partial charge on any atom is -0.395 e. The van der Waals surface area contributed by atoms with Gasteiger partial charge in [0.1, 0.15) is 5.82 Å². The normalized spacial score (nSPS) is 11.8. The largest absolute Gasteiger partial charge is 0.395 e. The Hall–Kier alpha value is -0.250.